The van der Waals surface area contributed by atoms with Gasteiger partial charge in [-0.3, -0.25) is 0 Å². The number of ether oxygens (including phenoxy) is 2. The Kier molecular flexibility index (Phi) is 2.92. The van der Waals surface area contributed by atoms with Gasteiger partial charge in [0.05, 0.1) is 12.1 Å². The molecule has 1 aromatic rings. The molecule has 2 rings (SSSR count). The molecule has 0 fully saturated rings. The monoisotopic (exact) mass is 236 g/mol. The Labute approximate surface area is 100 Å². The summed E-state index contributed by atoms with van der Waals surface area (Å²) in [6, 6.07) is 1.66. The van der Waals surface area contributed by atoms with Crippen molar-refractivity contribution in [2.45, 2.75) is 26.4 Å². The third-order valence-corrected chi connectivity index (χ3v) is 2.14. The van der Waals surface area contributed by atoms with Crippen molar-refractivity contribution in [3.63, 3.8) is 0 Å². The van der Waals surface area contributed by atoms with Crippen LogP contribution in [0, 0.1) is 0 Å². The van der Waals surface area contributed by atoms with E-state index in [4.69, 9.17) is 9.47 Å². The Morgan fingerprint density at radius 2 is 2.29 bits per heavy atom. The molecular weight excluding hydrogens is 220 g/mol. The third-order valence-electron chi connectivity index (χ3n) is 2.14. The number of esters is 1. The molecule has 0 atom stereocenters. The summed E-state index contributed by atoms with van der Waals surface area (Å²) in [5, 5.41) is 3.09. The van der Waals surface area contributed by atoms with Gasteiger partial charge < -0.3 is 14.8 Å². The average Bonchev–Trinajstić information content (AvgIpc) is 2.26. The van der Waals surface area contributed by atoms with Crippen LogP contribution in [0.1, 0.15) is 31.1 Å². The Morgan fingerprint density at radius 1 is 1.53 bits per heavy atom. The van der Waals surface area contributed by atoms with E-state index < -0.39 is 5.60 Å². The molecule has 0 spiro atoms. The number of hydrogen-bond donors (Lipinski definition) is 1. The van der Waals surface area contributed by atoms with Gasteiger partial charge in [-0.1, -0.05) is 0 Å². The molecule has 5 heteroatoms. The van der Waals surface area contributed by atoms with Gasteiger partial charge in [-0.15, -0.1) is 0 Å². The van der Waals surface area contributed by atoms with Crippen LogP contribution in [0.15, 0.2) is 12.3 Å². The number of fused-ring (bicyclic) bond motifs is 1. The first-order chi connectivity index (χ1) is 7.96. The highest BCUT2D eigenvalue weighted by molar-refractivity contribution is 5.90. The third kappa shape index (κ3) is 2.87. The summed E-state index contributed by atoms with van der Waals surface area (Å²) in [6.45, 7) is 6.79. The molecule has 1 aromatic heterocycles. The Morgan fingerprint density at radius 3 is 3.00 bits per heavy atom. The molecule has 0 saturated carbocycles. The maximum absolute atomic E-state index is 11.8. The molecule has 1 N–H and O–H groups in total. The molecule has 5 nitrogen and oxygen atoms in total. The maximum Gasteiger partial charge on any atom is 0.340 e. The number of carbonyl (C=O) groups is 1. The smallest absolute Gasteiger partial charge is 0.340 e. The lowest BCUT2D eigenvalue weighted by Gasteiger charge is -2.21. The Bertz CT molecular complexity index is 438. The van der Waals surface area contributed by atoms with Crippen LogP contribution >= 0.6 is 0 Å². The number of pyridine rings is 1. The number of nitrogens with one attached hydrogen (secondary N) is 1. The molecule has 1 aliphatic heterocycles. The fourth-order valence-corrected chi connectivity index (χ4v) is 1.47. The van der Waals surface area contributed by atoms with E-state index in [1.807, 2.05) is 20.8 Å². The van der Waals surface area contributed by atoms with E-state index in [1.54, 1.807) is 6.07 Å². The second kappa shape index (κ2) is 4.24. The highest BCUT2D eigenvalue weighted by Crippen LogP contribution is 2.26. The van der Waals surface area contributed by atoms with Crippen LogP contribution in [0.4, 0.5) is 5.82 Å². The van der Waals surface area contributed by atoms with Crippen molar-refractivity contribution in [1.29, 1.82) is 0 Å². The lowest BCUT2D eigenvalue weighted by atomic mass is 10.2. The Hall–Kier alpha value is -1.78. The van der Waals surface area contributed by atoms with Gasteiger partial charge in [0.15, 0.2) is 11.6 Å². The minimum Gasteiger partial charge on any atom is -0.488 e. The summed E-state index contributed by atoms with van der Waals surface area (Å²) in [4.78, 5) is 15.9. The summed E-state index contributed by atoms with van der Waals surface area (Å²) in [6.07, 6.45) is 1.49. The molecule has 0 radical (unpaired) electrons. The minimum absolute atomic E-state index is 0.387. The quantitative estimate of drug-likeness (QED) is 0.754. The lowest BCUT2D eigenvalue weighted by molar-refractivity contribution is 0.00686. The first-order valence-electron chi connectivity index (χ1n) is 5.56. The van der Waals surface area contributed by atoms with Gasteiger partial charge in [0, 0.05) is 12.3 Å². The van der Waals surface area contributed by atoms with E-state index in [0.717, 1.165) is 6.54 Å². The fraction of sp³-hybridized carbons (Fsp3) is 0.500. The number of anilines is 1. The first kappa shape index (κ1) is 11.7. The summed E-state index contributed by atoms with van der Waals surface area (Å²) >= 11 is 0. The van der Waals surface area contributed by atoms with Crippen LogP contribution in [0.25, 0.3) is 0 Å². The van der Waals surface area contributed by atoms with E-state index in [-0.39, 0.29) is 5.97 Å². The lowest BCUT2D eigenvalue weighted by Crippen LogP contribution is -2.24. The summed E-state index contributed by atoms with van der Waals surface area (Å²) < 4.78 is 10.7. The standard InChI is InChI=1S/C12H16N2O3/c1-12(2,3)17-11(15)8-6-9-10(14-7-8)13-4-5-16-9/h6-7H,4-5H2,1-3H3,(H,13,14). The van der Waals surface area contributed by atoms with E-state index >= 15 is 0 Å². The number of rotatable bonds is 1. The highest BCUT2D eigenvalue weighted by Gasteiger charge is 2.20. The van der Waals surface area contributed by atoms with Crippen molar-refractivity contribution in [3.05, 3.63) is 17.8 Å². The fourth-order valence-electron chi connectivity index (χ4n) is 1.47. The van der Waals surface area contributed by atoms with E-state index in [0.29, 0.717) is 23.7 Å². The van der Waals surface area contributed by atoms with Gasteiger partial charge in [-0.25, -0.2) is 9.78 Å². The minimum atomic E-state index is -0.508. The molecule has 1 aliphatic rings. The van der Waals surface area contributed by atoms with Crippen molar-refractivity contribution in [2.24, 2.45) is 0 Å². The highest BCUT2D eigenvalue weighted by atomic mass is 16.6. The van der Waals surface area contributed by atoms with Gasteiger partial charge >= 0.3 is 5.97 Å². The summed E-state index contributed by atoms with van der Waals surface area (Å²) in [5.41, 5.74) is -0.103. The van der Waals surface area contributed by atoms with Crippen molar-refractivity contribution in [1.82, 2.24) is 4.98 Å². The molecule has 0 amide bonds. The molecule has 0 aromatic carbocycles. The van der Waals surface area contributed by atoms with Crippen LogP contribution in [0.5, 0.6) is 5.75 Å². The zero-order valence-electron chi connectivity index (χ0n) is 10.2. The summed E-state index contributed by atoms with van der Waals surface area (Å²) in [7, 11) is 0. The van der Waals surface area contributed by atoms with Crippen LogP contribution < -0.4 is 10.1 Å². The van der Waals surface area contributed by atoms with Crippen LogP contribution in [-0.2, 0) is 4.74 Å². The molecule has 0 unspecified atom stereocenters. The zero-order chi connectivity index (χ0) is 12.5. The van der Waals surface area contributed by atoms with Gasteiger partial charge in [0.25, 0.3) is 0 Å². The van der Waals surface area contributed by atoms with Gasteiger partial charge in [-0.05, 0) is 20.8 Å². The Balaban J connectivity index is 2.19. The van der Waals surface area contributed by atoms with E-state index in [9.17, 15) is 4.79 Å². The number of nitrogens with zero attached hydrogens (tertiary/aromatic N) is 1. The maximum atomic E-state index is 11.8. The second-order valence-corrected chi connectivity index (χ2v) is 4.85. The van der Waals surface area contributed by atoms with Crippen LogP contribution in [0.3, 0.4) is 0 Å². The van der Waals surface area contributed by atoms with Gasteiger partial charge in [0.2, 0.25) is 0 Å². The largest absolute Gasteiger partial charge is 0.488 e. The predicted octanol–water partition coefficient (Wildman–Crippen LogP) is 1.84. The topological polar surface area (TPSA) is 60.5 Å². The van der Waals surface area contributed by atoms with Crippen molar-refractivity contribution in [2.75, 3.05) is 18.5 Å². The number of aromatic nitrogens is 1. The molecule has 17 heavy (non-hydrogen) atoms. The molecular formula is C12H16N2O3. The van der Waals surface area contributed by atoms with E-state index in [2.05, 4.69) is 10.3 Å². The summed E-state index contributed by atoms with van der Waals surface area (Å²) in [5.74, 6) is 0.880. The molecule has 92 valence electrons. The predicted molar refractivity (Wildman–Crippen MR) is 63.4 cm³/mol. The molecule has 0 aliphatic carbocycles. The SMILES string of the molecule is CC(C)(C)OC(=O)c1cnc2c(c1)OCCN2. The van der Waals surface area contributed by atoms with Crippen molar-refractivity contribution in [3.8, 4) is 5.75 Å². The second-order valence-electron chi connectivity index (χ2n) is 4.85. The van der Waals surface area contributed by atoms with Crippen molar-refractivity contribution >= 4 is 11.8 Å². The van der Waals surface area contributed by atoms with Crippen LogP contribution in [0.2, 0.25) is 0 Å². The van der Waals surface area contributed by atoms with Gasteiger partial charge in [0.1, 0.15) is 12.2 Å². The normalized spacial score (nSPS) is 14.3. The van der Waals surface area contributed by atoms with E-state index in [1.165, 1.54) is 6.20 Å². The average molecular weight is 236 g/mol. The first-order valence-corrected chi connectivity index (χ1v) is 5.56. The molecule has 0 bridgehead atoms. The van der Waals surface area contributed by atoms with Gasteiger partial charge in [-0.2, -0.15) is 0 Å². The molecule has 0 saturated heterocycles. The number of hydrogen-bond acceptors (Lipinski definition) is 5. The molecule has 2 heterocycles. The van der Waals surface area contributed by atoms with Crippen molar-refractivity contribution < 1.29 is 14.3 Å². The number of carbonyl (C=O) groups excluding carboxylic acids is 1. The van der Waals surface area contributed by atoms with Crippen LogP contribution in [-0.4, -0.2) is 29.7 Å². The zero-order valence-corrected chi connectivity index (χ0v) is 10.2.